The van der Waals surface area contributed by atoms with Gasteiger partial charge in [-0.15, -0.1) is 0 Å². The molecule has 0 saturated heterocycles. The maximum Gasteiger partial charge on any atom is 0.237 e. The molecule has 0 fully saturated rings. The van der Waals surface area contributed by atoms with Crippen LogP contribution in [0.25, 0.3) is 0 Å². The molecule has 6 heteroatoms. The fraction of sp³-hybridized carbons (Fsp3) is 0.143. The van der Waals surface area contributed by atoms with Crippen LogP contribution in [0.2, 0.25) is 5.02 Å². The van der Waals surface area contributed by atoms with Crippen molar-refractivity contribution in [1.82, 2.24) is 4.98 Å². The van der Waals surface area contributed by atoms with Gasteiger partial charge >= 0.3 is 0 Å². The lowest BCUT2D eigenvalue weighted by atomic mass is 10.2. The van der Waals surface area contributed by atoms with Crippen LogP contribution in [0.3, 0.4) is 0 Å². The van der Waals surface area contributed by atoms with E-state index in [1.54, 1.807) is 42.4 Å². The summed E-state index contributed by atoms with van der Waals surface area (Å²) in [5.41, 5.74) is 7.10. The van der Waals surface area contributed by atoms with E-state index in [1.807, 2.05) is 12.1 Å². The largest absolute Gasteiger partial charge is 0.399 e. The lowest BCUT2D eigenvalue weighted by Gasteiger charge is -2.17. The van der Waals surface area contributed by atoms with E-state index in [0.29, 0.717) is 15.7 Å². The molecular formula is C14H14ClN3OS. The number of nitrogen functional groups attached to an aromatic ring is 1. The van der Waals surface area contributed by atoms with Crippen molar-refractivity contribution in [1.29, 1.82) is 0 Å². The number of hydrogen-bond acceptors (Lipinski definition) is 4. The van der Waals surface area contributed by atoms with Crippen molar-refractivity contribution in [3.63, 3.8) is 0 Å². The molecule has 1 aromatic heterocycles. The molecule has 0 unspecified atom stereocenters. The molecule has 2 N–H and O–H groups in total. The summed E-state index contributed by atoms with van der Waals surface area (Å²) in [5, 5.41) is 1.22. The summed E-state index contributed by atoms with van der Waals surface area (Å²) < 4.78 is 0. The van der Waals surface area contributed by atoms with Crippen molar-refractivity contribution in [3.05, 3.63) is 47.6 Å². The summed E-state index contributed by atoms with van der Waals surface area (Å²) in [7, 11) is 1.73. The highest BCUT2D eigenvalue weighted by Crippen LogP contribution is 2.25. The van der Waals surface area contributed by atoms with Crippen LogP contribution in [0.4, 0.5) is 11.4 Å². The third-order valence-electron chi connectivity index (χ3n) is 2.71. The first-order valence-corrected chi connectivity index (χ1v) is 7.29. The summed E-state index contributed by atoms with van der Waals surface area (Å²) in [6.07, 6.45) is 1.66. The van der Waals surface area contributed by atoms with Crippen LogP contribution >= 0.6 is 23.4 Å². The van der Waals surface area contributed by atoms with Gasteiger partial charge in [0.05, 0.1) is 10.8 Å². The number of hydrogen-bond donors (Lipinski definition) is 1. The Kier molecular flexibility index (Phi) is 4.87. The van der Waals surface area contributed by atoms with Gasteiger partial charge in [0.1, 0.15) is 5.03 Å². The van der Waals surface area contributed by atoms with Gasteiger partial charge in [0.25, 0.3) is 0 Å². The van der Waals surface area contributed by atoms with Crippen molar-refractivity contribution >= 4 is 40.6 Å². The van der Waals surface area contributed by atoms with E-state index in [2.05, 4.69) is 4.98 Å². The van der Waals surface area contributed by atoms with Crippen LogP contribution in [-0.2, 0) is 4.79 Å². The van der Waals surface area contributed by atoms with Crippen molar-refractivity contribution in [2.24, 2.45) is 0 Å². The van der Waals surface area contributed by atoms with Gasteiger partial charge in [0.2, 0.25) is 5.91 Å². The Morgan fingerprint density at radius 2 is 2.05 bits per heavy atom. The third kappa shape index (κ3) is 3.65. The number of carbonyl (C=O) groups excluding carboxylic acids is 1. The van der Waals surface area contributed by atoms with Crippen molar-refractivity contribution in [2.45, 2.75) is 5.03 Å². The van der Waals surface area contributed by atoms with E-state index >= 15 is 0 Å². The second-order valence-electron chi connectivity index (χ2n) is 4.12. The molecule has 104 valence electrons. The van der Waals surface area contributed by atoms with Gasteiger partial charge in [0, 0.05) is 24.6 Å². The minimum absolute atomic E-state index is 0.0264. The predicted octanol–water partition coefficient (Wildman–Crippen LogP) is 3.07. The first-order valence-electron chi connectivity index (χ1n) is 5.93. The second kappa shape index (κ2) is 6.63. The molecule has 0 saturated carbocycles. The molecule has 2 aromatic rings. The normalized spacial score (nSPS) is 10.3. The molecule has 0 aliphatic heterocycles. The van der Waals surface area contributed by atoms with Gasteiger partial charge in [-0.05, 0) is 36.4 Å². The van der Waals surface area contributed by atoms with E-state index in [1.165, 1.54) is 11.8 Å². The Balaban J connectivity index is 1.98. The minimum Gasteiger partial charge on any atom is -0.399 e. The summed E-state index contributed by atoms with van der Waals surface area (Å²) in [4.78, 5) is 17.8. The number of anilines is 2. The van der Waals surface area contributed by atoms with Gasteiger partial charge in [-0.1, -0.05) is 23.4 Å². The molecular weight excluding hydrogens is 294 g/mol. The fourth-order valence-corrected chi connectivity index (χ4v) is 2.63. The number of benzene rings is 1. The van der Waals surface area contributed by atoms with Crippen molar-refractivity contribution in [2.75, 3.05) is 23.4 Å². The van der Waals surface area contributed by atoms with E-state index in [4.69, 9.17) is 17.3 Å². The molecule has 0 spiro atoms. The van der Waals surface area contributed by atoms with Gasteiger partial charge in [-0.25, -0.2) is 4.98 Å². The number of aromatic nitrogens is 1. The van der Waals surface area contributed by atoms with Gasteiger partial charge in [0.15, 0.2) is 0 Å². The smallest absolute Gasteiger partial charge is 0.237 e. The molecule has 20 heavy (non-hydrogen) atoms. The number of thioether (sulfide) groups is 1. The molecule has 1 amide bonds. The Morgan fingerprint density at radius 1 is 1.35 bits per heavy atom. The summed E-state index contributed by atoms with van der Waals surface area (Å²) in [6, 6.07) is 10.7. The number of carbonyl (C=O) groups is 1. The Bertz CT molecular complexity index is 604. The topological polar surface area (TPSA) is 59.2 Å². The second-order valence-corrected chi connectivity index (χ2v) is 5.49. The SMILES string of the molecule is CN(C(=O)CSc1ncccc1Cl)c1ccc(N)cc1. The number of rotatable bonds is 4. The highest BCUT2D eigenvalue weighted by molar-refractivity contribution is 8.00. The van der Waals surface area contributed by atoms with E-state index in [0.717, 1.165) is 5.69 Å². The molecule has 1 aromatic carbocycles. The number of nitrogens with zero attached hydrogens (tertiary/aromatic N) is 2. The fourth-order valence-electron chi connectivity index (χ4n) is 1.55. The Hall–Kier alpha value is -1.72. The van der Waals surface area contributed by atoms with E-state index in [9.17, 15) is 4.79 Å². The lowest BCUT2D eigenvalue weighted by Crippen LogP contribution is -2.27. The first-order chi connectivity index (χ1) is 9.58. The molecule has 0 aliphatic carbocycles. The highest BCUT2D eigenvalue weighted by Gasteiger charge is 2.12. The van der Waals surface area contributed by atoms with E-state index < -0.39 is 0 Å². The Morgan fingerprint density at radius 3 is 2.70 bits per heavy atom. The zero-order valence-electron chi connectivity index (χ0n) is 10.9. The summed E-state index contributed by atoms with van der Waals surface area (Å²) >= 11 is 7.32. The monoisotopic (exact) mass is 307 g/mol. The van der Waals surface area contributed by atoms with Gasteiger partial charge < -0.3 is 10.6 Å². The maximum absolute atomic E-state index is 12.1. The minimum atomic E-state index is -0.0264. The molecule has 0 atom stereocenters. The van der Waals surface area contributed by atoms with E-state index in [-0.39, 0.29) is 11.7 Å². The Labute approximate surface area is 126 Å². The van der Waals surface area contributed by atoms with Crippen LogP contribution in [-0.4, -0.2) is 23.7 Å². The molecule has 1 heterocycles. The zero-order chi connectivity index (χ0) is 14.5. The molecule has 0 bridgehead atoms. The van der Waals surface area contributed by atoms with Crippen LogP contribution in [0, 0.1) is 0 Å². The maximum atomic E-state index is 12.1. The average molecular weight is 308 g/mol. The number of pyridine rings is 1. The van der Waals surface area contributed by atoms with Crippen LogP contribution in [0.5, 0.6) is 0 Å². The van der Waals surface area contributed by atoms with Gasteiger partial charge in [-0.2, -0.15) is 0 Å². The van der Waals surface area contributed by atoms with Crippen LogP contribution in [0.1, 0.15) is 0 Å². The lowest BCUT2D eigenvalue weighted by molar-refractivity contribution is -0.115. The number of nitrogens with two attached hydrogens (primary N) is 1. The van der Waals surface area contributed by atoms with Crippen LogP contribution < -0.4 is 10.6 Å². The van der Waals surface area contributed by atoms with Crippen LogP contribution in [0.15, 0.2) is 47.6 Å². The number of amides is 1. The zero-order valence-corrected chi connectivity index (χ0v) is 12.5. The molecule has 0 radical (unpaired) electrons. The third-order valence-corrected chi connectivity index (χ3v) is 4.12. The number of halogens is 1. The summed E-state index contributed by atoms with van der Waals surface area (Å²) in [6.45, 7) is 0. The molecule has 4 nitrogen and oxygen atoms in total. The standard InChI is InChI=1S/C14H14ClN3OS/c1-18(11-6-4-10(16)5-7-11)13(19)9-20-14-12(15)3-2-8-17-14/h2-8H,9,16H2,1H3. The molecule has 0 aliphatic rings. The predicted molar refractivity (Wildman–Crippen MR) is 84.2 cm³/mol. The first kappa shape index (κ1) is 14.7. The van der Waals surface area contributed by atoms with Crippen molar-refractivity contribution < 1.29 is 4.79 Å². The average Bonchev–Trinajstić information content (AvgIpc) is 2.46. The summed E-state index contributed by atoms with van der Waals surface area (Å²) in [5.74, 6) is 0.249. The van der Waals surface area contributed by atoms with Gasteiger partial charge in [-0.3, -0.25) is 4.79 Å². The highest BCUT2D eigenvalue weighted by atomic mass is 35.5. The van der Waals surface area contributed by atoms with Crippen molar-refractivity contribution in [3.8, 4) is 0 Å². The quantitative estimate of drug-likeness (QED) is 0.696. The molecule has 2 rings (SSSR count).